The monoisotopic (exact) mass is 385 g/mol. The first kappa shape index (κ1) is 18.7. The van der Waals surface area contributed by atoms with Gasteiger partial charge in [-0.1, -0.05) is 29.3 Å². The zero-order valence-corrected chi connectivity index (χ0v) is 15.3. The number of halogens is 2. The van der Waals surface area contributed by atoms with Crippen LogP contribution >= 0.6 is 11.6 Å². The third-order valence-corrected chi connectivity index (χ3v) is 3.92. The Labute approximate surface area is 161 Å². The van der Waals surface area contributed by atoms with Crippen molar-refractivity contribution in [2.75, 3.05) is 17.2 Å². The third kappa shape index (κ3) is 5.43. The maximum Gasteiger partial charge on any atom is 0.262 e. The summed E-state index contributed by atoms with van der Waals surface area (Å²) in [5.74, 6) is 0.391. The molecule has 0 fully saturated rings. The second-order valence-corrected chi connectivity index (χ2v) is 6.24. The molecule has 0 bridgehead atoms. The van der Waals surface area contributed by atoms with Crippen LogP contribution in [-0.4, -0.2) is 17.5 Å². The number of pyridine rings is 1. The van der Waals surface area contributed by atoms with Gasteiger partial charge in [-0.3, -0.25) is 4.79 Å². The molecule has 3 rings (SSSR count). The average molecular weight is 386 g/mol. The van der Waals surface area contributed by atoms with Crippen LogP contribution in [0.4, 0.5) is 21.6 Å². The number of hydrogen-bond donors (Lipinski definition) is 2. The minimum absolute atomic E-state index is 0.0254. The van der Waals surface area contributed by atoms with E-state index in [1.165, 1.54) is 18.3 Å². The Bertz CT molecular complexity index is 931. The van der Waals surface area contributed by atoms with Gasteiger partial charge in [0.15, 0.2) is 6.61 Å². The van der Waals surface area contributed by atoms with E-state index >= 15 is 0 Å². The van der Waals surface area contributed by atoms with Gasteiger partial charge < -0.3 is 15.4 Å². The predicted octanol–water partition coefficient (Wildman–Crippen LogP) is 4.94. The van der Waals surface area contributed by atoms with Crippen LogP contribution in [0.25, 0.3) is 0 Å². The highest BCUT2D eigenvalue weighted by molar-refractivity contribution is 6.31. The summed E-state index contributed by atoms with van der Waals surface area (Å²) < 4.78 is 18.6. The first-order valence-electron chi connectivity index (χ1n) is 8.17. The van der Waals surface area contributed by atoms with Crippen molar-refractivity contribution in [3.05, 3.63) is 77.2 Å². The van der Waals surface area contributed by atoms with Crippen LogP contribution in [0.1, 0.15) is 5.56 Å². The Balaban J connectivity index is 1.52. The molecule has 0 aliphatic heterocycles. The summed E-state index contributed by atoms with van der Waals surface area (Å²) in [6, 6.07) is 15.1. The zero-order valence-electron chi connectivity index (χ0n) is 14.5. The van der Waals surface area contributed by atoms with Crippen LogP contribution < -0.4 is 15.4 Å². The number of hydrogen-bond acceptors (Lipinski definition) is 4. The van der Waals surface area contributed by atoms with Crippen molar-refractivity contribution in [3.63, 3.8) is 0 Å². The summed E-state index contributed by atoms with van der Waals surface area (Å²) >= 11 is 5.75. The molecule has 0 unspecified atom stereocenters. The summed E-state index contributed by atoms with van der Waals surface area (Å²) in [5, 5.41) is 5.74. The van der Waals surface area contributed by atoms with Gasteiger partial charge in [-0.05, 0) is 49.4 Å². The van der Waals surface area contributed by atoms with Gasteiger partial charge in [0.05, 0.1) is 16.9 Å². The van der Waals surface area contributed by atoms with Crippen LogP contribution in [0.5, 0.6) is 5.75 Å². The molecule has 1 aromatic heterocycles. The number of carbonyl (C=O) groups excluding carboxylic acids is 1. The molecule has 0 atom stereocenters. The number of benzene rings is 2. The molecule has 0 aliphatic rings. The fourth-order valence-corrected chi connectivity index (χ4v) is 2.42. The van der Waals surface area contributed by atoms with Crippen LogP contribution in [0.2, 0.25) is 5.02 Å². The van der Waals surface area contributed by atoms with E-state index < -0.39 is 5.82 Å². The van der Waals surface area contributed by atoms with E-state index in [-0.39, 0.29) is 17.5 Å². The highest BCUT2D eigenvalue weighted by Crippen LogP contribution is 2.22. The zero-order chi connectivity index (χ0) is 19.2. The first-order chi connectivity index (χ1) is 13.0. The molecular weight excluding hydrogens is 369 g/mol. The molecule has 1 amide bonds. The molecule has 5 nitrogen and oxygen atoms in total. The Kier molecular flexibility index (Phi) is 5.88. The number of amides is 1. The molecule has 1 heterocycles. The molecule has 27 heavy (non-hydrogen) atoms. The van der Waals surface area contributed by atoms with Crippen LogP contribution in [0.15, 0.2) is 60.8 Å². The largest absolute Gasteiger partial charge is 0.484 e. The molecular formula is C20H17ClFN3O2. The van der Waals surface area contributed by atoms with E-state index in [9.17, 15) is 9.18 Å². The smallest absolute Gasteiger partial charge is 0.262 e. The van der Waals surface area contributed by atoms with Gasteiger partial charge in [0.2, 0.25) is 0 Å². The summed E-state index contributed by atoms with van der Waals surface area (Å²) in [5.41, 5.74) is 2.27. The van der Waals surface area contributed by atoms with E-state index in [1.54, 1.807) is 18.2 Å². The van der Waals surface area contributed by atoms with Crippen LogP contribution in [-0.2, 0) is 4.79 Å². The number of nitrogens with one attached hydrogen (secondary N) is 2. The molecule has 7 heteroatoms. The Hall–Kier alpha value is -3.12. The number of ether oxygens (including phenoxy) is 1. The molecule has 0 aliphatic carbocycles. The Morgan fingerprint density at radius 3 is 2.52 bits per heavy atom. The van der Waals surface area contributed by atoms with Gasteiger partial charge in [0.25, 0.3) is 5.91 Å². The lowest BCUT2D eigenvalue weighted by Gasteiger charge is -2.09. The van der Waals surface area contributed by atoms with Gasteiger partial charge >= 0.3 is 0 Å². The van der Waals surface area contributed by atoms with Gasteiger partial charge in [0.1, 0.15) is 17.4 Å². The van der Waals surface area contributed by atoms with Crippen molar-refractivity contribution in [2.24, 2.45) is 0 Å². The standard InChI is InChI=1S/C20H17ClFN3O2/c1-13-2-6-16(7-3-13)27-12-20(26)25-15-5-9-19(23-11-15)24-14-4-8-18(22)17(21)10-14/h2-11H,12H2,1H3,(H,23,24)(H,25,26). The van der Waals surface area contributed by atoms with Crippen molar-refractivity contribution in [1.82, 2.24) is 4.98 Å². The SMILES string of the molecule is Cc1ccc(OCC(=O)Nc2ccc(Nc3ccc(F)c(Cl)c3)nc2)cc1. The van der Waals surface area contributed by atoms with Crippen molar-refractivity contribution < 1.29 is 13.9 Å². The summed E-state index contributed by atoms with van der Waals surface area (Å²) in [6.07, 6.45) is 1.51. The lowest BCUT2D eigenvalue weighted by Crippen LogP contribution is -2.20. The van der Waals surface area contributed by atoms with Crippen molar-refractivity contribution in [2.45, 2.75) is 6.92 Å². The quantitative estimate of drug-likeness (QED) is 0.630. The van der Waals surface area contributed by atoms with E-state index in [2.05, 4.69) is 15.6 Å². The van der Waals surface area contributed by atoms with Gasteiger partial charge in [-0.25, -0.2) is 9.37 Å². The first-order valence-corrected chi connectivity index (χ1v) is 8.55. The van der Waals surface area contributed by atoms with Crippen LogP contribution in [0.3, 0.4) is 0 Å². The van der Waals surface area contributed by atoms with E-state index in [0.717, 1.165) is 5.56 Å². The average Bonchev–Trinajstić information content (AvgIpc) is 2.66. The lowest BCUT2D eigenvalue weighted by atomic mass is 10.2. The minimum Gasteiger partial charge on any atom is -0.484 e. The third-order valence-electron chi connectivity index (χ3n) is 3.63. The summed E-state index contributed by atoms with van der Waals surface area (Å²) in [4.78, 5) is 16.2. The summed E-state index contributed by atoms with van der Waals surface area (Å²) in [7, 11) is 0. The van der Waals surface area contributed by atoms with Crippen molar-refractivity contribution >= 4 is 34.7 Å². The second-order valence-electron chi connectivity index (χ2n) is 5.84. The number of aryl methyl sites for hydroxylation is 1. The molecule has 0 saturated heterocycles. The molecule has 0 radical (unpaired) electrons. The van der Waals surface area contributed by atoms with Gasteiger partial charge in [-0.15, -0.1) is 0 Å². The van der Waals surface area contributed by atoms with Gasteiger partial charge in [-0.2, -0.15) is 0 Å². The summed E-state index contributed by atoms with van der Waals surface area (Å²) in [6.45, 7) is 1.88. The number of rotatable bonds is 6. The normalized spacial score (nSPS) is 10.3. The number of aromatic nitrogens is 1. The topological polar surface area (TPSA) is 63.2 Å². The second kappa shape index (κ2) is 8.51. The fraction of sp³-hybridized carbons (Fsp3) is 0.100. The van der Waals surface area contributed by atoms with Crippen molar-refractivity contribution in [1.29, 1.82) is 0 Å². The number of nitrogens with zero attached hydrogens (tertiary/aromatic N) is 1. The Morgan fingerprint density at radius 1 is 1.11 bits per heavy atom. The van der Waals surface area contributed by atoms with Gasteiger partial charge in [0, 0.05) is 5.69 Å². The maximum absolute atomic E-state index is 13.2. The highest BCUT2D eigenvalue weighted by atomic mass is 35.5. The molecule has 3 aromatic rings. The highest BCUT2D eigenvalue weighted by Gasteiger charge is 2.06. The van der Waals surface area contributed by atoms with E-state index in [4.69, 9.17) is 16.3 Å². The fourth-order valence-electron chi connectivity index (χ4n) is 2.24. The van der Waals surface area contributed by atoms with E-state index in [0.29, 0.717) is 22.9 Å². The lowest BCUT2D eigenvalue weighted by molar-refractivity contribution is -0.118. The predicted molar refractivity (Wildman–Crippen MR) is 104 cm³/mol. The number of carbonyl (C=O) groups is 1. The molecule has 138 valence electrons. The molecule has 0 saturated carbocycles. The Morgan fingerprint density at radius 2 is 1.85 bits per heavy atom. The van der Waals surface area contributed by atoms with Crippen LogP contribution in [0, 0.1) is 12.7 Å². The van der Waals surface area contributed by atoms with E-state index in [1.807, 2.05) is 31.2 Å². The molecule has 2 aromatic carbocycles. The minimum atomic E-state index is -0.485. The maximum atomic E-state index is 13.2. The number of anilines is 3. The molecule has 0 spiro atoms. The van der Waals surface area contributed by atoms with Crippen molar-refractivity contribution in [3.8, 4) is 5.75 Å². The molecule has 2 N–H and O–H groups in total.